The van der Waals surface area contributed by atoms with E-state index in [0.717, 1.165) is 38.3 Å². The van der Waals surface area contributed by atoms with E-state index in [9.17, 15) is 4.79 Å². The second kappa shape index (κ2) is 6.55. The number of halogens is 1. The van der Waals surface area contributed by atoms with E-state index in [-0.39, 0.29) is 5.91 Å². The average Bonchev–Trinajstić information content (AvgIpc) is 2.88. The lowest BCUT2D eigenvalue weighted by molar-refractivity contribution is 0.0777. The van der Waals surface area contributed by atoms with Crippen molar-refractivity contribution in [1.29, 1.82) is 0 Å². The van der Waals surface area contributed by atoms with Crippen LogP contribution in [0.5, 0.6) is 0 Å². The van der Waals surface area contributed by atoms with Crippen LogP contribution >= 0.6 is 11.6 Å². The lowest BCUT2D eigenvalue weighted by Crippen LogP contribution is -2.38. The minimum absolute atomic E-state index is 0.0621. The number of pyridine rings is 1. The summed E-state index contributed by atoms with van der Waals surface area (Å²) in [6, 6.07) is 3.94. The first-order valence-electron chi connectivity index (χ1n) is 7.22. The van der Waals surface area contributed by atoms with Gasteiger partial charge >= 0.3 is 0 Å². The molecule has 1 aromatic rings. The van der Waals surface area contributed by atoms with Gasteiger partial charge < -0.3 is 4.90 Å². The molecule has 0 aromatic carbocycles. The van der Waals surface area contributed by atoms with E-state index in [1.807, 2.05) is 11.8 Å². The van der Waals surface area contributed by atoms with E-state index in [1.165, 1.54) is 0 Å². The summed E-state index contributed by atoms with van der Waals surface area (Å²) in [6.45, 7) is 9.87. The fourth-order valence-electron chi connectivity index (χ4n) is 2.90. The summed E-state index contributed by atoms with van der Waals surface area (Å²) in [5.74, 6) is 0.0621. The van der Waals surface area contributed by atoms with Crippen molar-refractivity contribution in [3.63, 3.8) is 0 Å². The second-order valence-corrected chi connectivity index (χ2v) is 5.62. The van der Waals surface area contributed by atoms with Crippen molar-refractivity contribution >= 4 is 17.5 Å². The molecule has 2 rings (SSSR count). The molecule has 0 bridgehead atoms. The van der Waals surface area contributed by atoms with Gasteiger partial charge in [0.1, 0.15) is 5.15 Å². The molecule has 5 heteroatoms. The van der Waals surface area contributed by atoms with E-state index < -0.39 is 0 Å². The molecule has 1 saturated heterocycles. The van der Waals surface area contributed by atoms with E-state index in [4.69, 9.17) is 11.6 Å². The van der Waals surface area contributed by atoms with Crippen molar-refractivity contribution in [1.82, 2.24) is 14.8 Å². The number of hydrogen-bond acceptors (Lipinski definition) is 3. The summed E-state index contributed by atoms with van der Waals surface area (Å²) < 4.78 is 0. The number of likely N-dealkylation sites (N-methyl/N-ethyl adjacent to an activating group) is 1. The summed E-state index contributed by atoms with van der Waals surface area (Å²) in [5, 5.41) is 0.382. The highest BCUT2D eigenvalue weighted by Gasteiger charge is 2.29. The Hall–Kier alpha value is -1.13. The van der Waals surface area contributed by atoms with Gasteiger partial charge in [-0.1, -0.05) is 25.4 Å². The highest BCUT2D eigenvalue weighted by Crippen LogP contribution is 2.19. The zero-order valence-corrected chi connectivity index (χ0v) is 13.2. The third-order valence-corrected chi connectivity index (χ3v) is 4.14. The highest BCUT2D eigenvalue weighted by atomic mass is 35.5. The van der Waals surface area contributed by atoms with Crippen LogP contribution < -0.4 is 0 Å². The molecule has 2 heterocycles. The summed E-state index contributed by atoms with van der Waals surface area (Å²) in [5.41, 5.74) is 1.42. The van der Waals surface area contributed by atoms with Crippen molar-refractivity contribution in [3.8, 4) is 0 Å². The molecule has 110 valence electrons. The molecule has 1 aliphatic heterocycles. The largest absolute Gasteiger partial charge is 0.337 e. The molecule has 1 aliphatic rings. The molecule has 1 aromatic heterocycles. The monoisotopic (exact) mass is 295 g/mol. The van der Waals surface area contributed by atoms with E-state index >= 15 is 0 Å². The average molecular weight is 296 g/mol. The summed E-state index contributed by atoms with van der Waals surface area (Å²) >= 11 is 5.93. The second-order valence-electron chi connectivity index (χ2n) is 5.23. The van der Waals surface area contributed by atoms with E-state index in [1.54, 1.807) is 12.1 Å². The Morgan fingerprint density at radius 1 is 1.45 bits per heavy atom. The predicted molar refractivity (Wildman–Crippen MR) is 81.2 cm³/mol. The van der Waals surface area contributed by atoms with Crippen molar-refractivity contribution in [2.45, 2.75) is 33.2 Å². The number of aromatic nitrogens is 1. The first-order chi connectivity index (χ1) is 9.55. The molecule has 4 nitrogen and oxygen atoms in total. The third-order valence-electron chi connectivity index (χ3n) is 3.95. The number of carbonyl (C=O) groups is 1. The Bertz CT molecular complexity index is 468. The van der Waals surface area contributed by atoms with Crippen LogP contribution in [0.25, 0.3) is 0 Å². The normalized spacial score (nSPS) is 18.9. The van der Waals surface area contributed by atoms with Gasteiger partial charge in [-0.3, -0.25) is 9.69 Å². The van der Waals surface area contributed by atoms with Gasteiger partial charge in [-0.15, -0.1) is 0 Å². The molecular weight excluding hydrogens is 274 g/mol. The standard InChI is InChI=1S/C15H22ClN3O/c1-4-18(5-2)13-6-7-19(10-13)15(20)12-8-11(3)17-14(16)9-12/h8-9,13H,4-7,10H2,1-3H3. The van der Waals surface area contributed by atoms with Crippen molar-refractivity contribution < 1.29 is 4.79 Å². The SMILES string of the molecule is CCN(CC)C1CCN(C(=O)c2cc(C)nc(Cl)c2)C1. The number of nitrogens with zero attached hydrogens (tertiary/aromatic N) is 3. The highest BCUT2D eigenvalue weighted by molar-refractivity contribution is 6.29. The van der Waals surface area contributed by atoms with Crippen molar-refractivity contribution in [3.05, 3.63) is 28.5 Å². The van der Waals surface area contributed by atoms with Gasteiger partial charge in [0, 0.05) is 30.4 Å². The van der Waals surface area contributed by atoms with Gasteiger partial charge in [0.2, 0.25) is 0 Å². The summed E-state index contributed by atoms with van der Waals surface area (Å²) in [7, 11) is 0. The van der Waals surface area contributed by atoms with Gasteiger partial charge in [-0.2, -0.15) is 0 Å². The van der Waals surface area contributed by atoms with Crippen LogP contribution in [0.1, 0.15) is 36.3 Å². The van der Waals surface area contributed by atoms with Gasteiger partial charge in [0.25, 0.3) is 5.91 Å². The lowest BCUT2D eigenvalue weighted by Gasteiger charge is -2.26. The van der Waals surface area contributed by atoms with Gasteiger partial charge in [0.15, 0.2) is 0 Å². The van der Waals surface area contributed by atoms with Crippen molar-refractivity contribution in [2.24, 2.45) is 0 Å². The van der Waals surface area contributed by atoms with Crippen LogP contribution in [0.3, 0.4) is 0 Å². The van der Waals surface area contributed by atoms with E-state index in [2.05, 4.69) is 23.7 Å². The smallest absolute Gasteiger partial charge is 0.254 e. The predicted octanol–water partition coefficient (Wildman–Crippen LogP) is 2.60. The molecule has 1 atom stereocenters. The zero-order valence-electron chi connectivity index (χ0n) is 12.4. The Balaban J connectivity index is 2.07. The van der Waals surface area contributed by atoms with E-state index in [0.29, 0.717) is 16.8 Å². The van der Waals surface area contributed by atoms with Gasteiger partial charge in [-0.05, 0) is 38.6 Å². The summed E-state index contributed by atoms with van der Waals surface area (Å²) in [6.07, 6.45) is 1.05. The number of aryl methyl sites for hydroxylation is 1. The van der Waals surface area contributed by atoms with Crippen LogP contribution in [0.4, 0.5) is 0 Å². The Morgan fingerprint density at radius 3 is 2.75 bits per heavy atom. The molecule has 0 spiro atoms. The van der Waals surface area contributed by atoms with Crippen LogP contribution in [-0.4, -0.2) is 52.9 Å². The number of hydrogen-bond donors (Lipinski definition) is 0. The first kappa shape index (κ1) is 15.3. The molecule has 1 fully saturated rings. The quantitative estimate of drug-likeness (QED) is 0.801. The number of likely N-dealkylation sites (tertiary alicyclic amines) is 1. The van der Waals surface area contributed by atoms with Crippen molar-refractivity contribution in [2.75, 3.05) is 26.2 Å². The molecule has 1 amide bonds. The number of carbonyl (C=O) groups excluding carboxylic acids is 1. The maximum absolute atomic E-state index is 12.5. The molecule has 1 unspecified atom stereocenters. The molecule has 20 heavy (non-hydrogen) atoms. The topological polar surface area (TPSA) is 36.4 Å². The minimum Gasteiger partial charge on any atom is -0.337 e. The fourth-order valence-corrected chi connectivity index (χ4v) is 3.15. The number of amides is 1. The Morgan fingerprint density at radius 2 is 2.15 bits per heavy atom. The Labute approximate surface area is 125 Å². The molecule has 0 aliphatic carbocycles. The third kappa shape index (κ3) is 3.30. The maximum Gasteiger partial charge on any atom is 0.254 e. The van der Waals surface area contributed by atoms with Crippen LogP contribution in [0.15, 0.2) is 12.1 Å². The summed E-state index contributed by atoms with van der Waals surface area (Å²) in [4.78, 5) is 21.0. The maximum atomic E-state index is 12.5. The molecule has 0 N–H and O–H groups in total. The zero-order chi connectivity index (χ0) is 14.7. The van der Waals surface area contributed by atoms with Crippen LogP contribution in [0.2, 0.25) is 5.15 Å². The number of rotatable bonds is 4. The Kier molecular flexibility index (Phi) is 5.00. The first-order valence-corrected chi connectivity index (χ1v) is 7.60. The van der Waals surface area contributed by atoms with Gasteiger partial charge in [-0.25, -0.2) is 4.98 Å². The molecule has 0 saturated carbocycles. The molecule has 0 radical (unpaired) electrons. The molecular formula is C15H22ClN3O. The lowest BCUT2D eigenvalue weighted by atomic mass is 10.2. The minimum atomic E-state index is 0.0621. The van der Waals surface area contributed by atoms with Gasteiger partial charge in [0.05, 0.1) is 0 Å². The van der Waals surface area contributed by atoms with Crippen LogP contribution in [-0.2, 0) is 0 Å². The van der Waals surface area contributed by atoms with Crippen LogP contribution in [0, 0.1) is 6.92 Å². The fraction of sp³-hybridized carbons (Fsp3) is 0.600.